The third kappa shape index (κ3) is 4.19. The molecule has 30 heavy (non-hydrogen) atoms. The molecule has 0 radical (unpaired) electrons. The first-order chi connectivity index (χ1) is 14.6. The van der Waals surface area contributed by atoms with Gasteiger partial charge in [0.2, 0.25) is 5.91 Å². The van der Waals surface area contributed by atoms with Crippen molar-refractivity contribution in [3.05, 3.63) is 65.7 Å². The van der Waals surface area contributed by atoms with E-state index in [1.807, 2.05) is 59.1 Å². The van der Waals surface area contributed by atoms with Crippen LogP contribution in [0.15, 0.2) is 54.6 Å². The number of piperidine rings is 1. The van der Waals surface area contributed by atoms with Crippen molar-refractivity contribution in [2.75, 3.05) is 32.5 Å². The van der Waals surface area contributed by atoms with Crippen LogP contribution in [0.2, 0.25) is 0 Å². The van der Waals surface area contributed by atoms with E-state index in [4.69, 9.17) is 4.74 Å². The SMILES string of the molecule is COc1ccccc1C(=O)N1CCC2(CC1)SCCN2C(=O)CCc1ccccc1. The highest BCUT2D eigenvalue weighted by molar-refractivity contribution is 8.00. The molecule has 0 bridgehead atoms. The minimum Gasteiger partial charge on any atom is -0.496 e. The monoisotopic (exact) mass is 424 g/mol. The Bertz CT molecular complexity index is 894. The Kier molecular flexibility index (Phi) is 6.32. The number of carbonyl (C=O) groups excluding carboxylic acids is 2. The number of hydrogen-bond acceptors (Lipinski definition) is 4. The van der Waals surface area contributed by atoms with Crippen LogP contribution < -0.4 is 4.74 Å². The molecule has 2 aromatic carbocycles. The summed E-state index contributed by atoms with van der Waals surface area (Å²) in [5.74, 6) is 1.81. The number of rotatable bonds is 5. The quantitative estimate of drug-likeness (QED) is 0.732. The number of likely N-dealkylation sites (tertiary alicyclic amines) is 1. The van der Waals surface area contributed by atoms with Gasteiger partial charge in [0, 0.05) is 31.8 Å². The summed E-state index contributed by atoms with van der Waals surface area (Å²) in [4.78, 5) is 29.9. The Morgan fingerprint density at radius 1 is 1.00 bits per heavy atom. The van der Waals surface area contributed by atoms with Crippen LogP contribution >= 0.6 is 11.8 Å². The number of benzene rings is 2. The zero-order valence-corrected chi connectivity index (χ0v) is 18.2. The zero-order chi connectivity index (χ0) is 21.0. The molecule has 0 saturated carbocycles. The van der Waals surface area contributed by atoms with Gasteiger partial charge in [-0.15, -0.1) is 11.8 Å². The first-order valence-electron chi connectivity index (χ1n) is 10.5. The van der Waals surface area contributed by atoms with Crippen LogP contribution in [-0.2, 0) is 11.2 Å². The minimum absolute atomic E-state index is 0.00671. The lowest BCUT2D eigenvalue weighted by molar-refractivity contribution is -0.134. The van der Waals surface area contributed by atoms with Crippen molar-refractivity contribution in [3.63, 3.8) is 0 Å². The molecule has 158 valence electrons. The number of nitrogens with zero attached hydrogens (tertiary/aromatic N) is 2. The molecule has 1 spiro atoms. The summed E-state index contributed by atoms with van der Waals surface area (Å²) in [5, 5.41) is 0. The fourth-order valence-corrected chi connectivity index (χ4v) is 5.93. The number of thioether (sulfide) groups is 1. The summed E-state index contributed by atoms with van der Waals surface area (Å²) < 4.78 is 5.36. The lowest BCUT2D eigenvalue weighted by Crippen LogP contribution is -2.53. The Balaban J connectivity index is 1.38. The van der Waals surface area contributed by atoms with E-state index in [1.165, 1.54) is 5.56 Å². The van der Waals surface area contributed by atoms with Crippen molar-refractivity contribution in [1.82, 2.24) is 9.80 Å². The second-order valence-electron chi connectivity index (χ2n) is 7.82. The van der Waals surface area contributed by atoms with Crippen molar-refractivity contribution >= 4 is 23.6 Å². The van der Waals surface area contributed by atoms with Crippen LogP contribution in [0.3, 0.4) is 0 Å². The molecule has 2 aliphatic heterocycles. The lowest BCUT2D eigenvalue weighted by atomic mass is 10.00. The fourth-order valence-electron chi connectivity index (χ4n) is 4.46. The molecule has 0 unspecified atom stereocenters. The van der Waals surface area contributed by atoms with Crippen molar-refractivity contribution in [2.45, 2.75) is 30.6 Å². The van der Waals surface area contributed by atoms with Gasteiger partial charge in [-0.1, -0.05) is 42.5 Å². The number of amides is 2. The molecule has 0 atom stereocenters. The van der Waals surface area contributed by atoms with E-state index in [1.54, 1.807) is 7.11 Å². The van der Waals surface area contributed by atoms with Crippen LogP contribution in [-0.4, -0.2) is 59.0 Å². The van der Waals surface area contributed by atoms with Crippen molar-refractivity contribution < 1.29 is 14.3 Å². The number of ether oxygens (including phenoxy) is 1. The van der Waals surface area contributed by atoms with E-state index >= 15 is 0 Å². The summed E-state index contributed by atoms with van der Waals surface area (Å²) in [6, 6.07) is 17.5. The molecule has 2 amide bonds. The number of para-hydroxylation sites is 1. The second kappa shape index (κ2) is 9.13. The van der Waals surface area contributed by atoms with Crippen molar-refractivity contribution in [3.8, 4) is 5.75 Å². The highest BCUT2D eigenvalue weighted by atomic mass is 32.2. The van der Waals surface area contributed by atoms with Gasteiger partial charge in [0.05, 0.1) is 17.5 Å². The van der Waals surface area contributed by atoms with Crippen LogP contribution in [0.5, 0.6) is 5.75 Å². The summed E-state index contributed by atoms with van der Waals surface area (Å²) >= 11 is 1.88. The molecule has 0 N–H and O–H groups in total. The van der Waals surface area contributed by atoms with E-state index in [-0.39, 0.29) is 16.7 Å². The molecule has 2 aliphatic rings. The zero-order valence-electron chi connectivity index (χ0n) is 17.4. The van der Waals surface area contributed by atoms with E-state index in [0.717, 1.165) is 31.6 Å². The summed E-state index contributed by atoms with van der Waals surface area (Å²) in [7, 11) is 1.59. The highest BCUT2D eigenvalue weighted by Gasteiger charge is 2.46. The smallest absolute Gasteiger partial charge is 0.257 e. The van der Waals surface area contributed by atoms with Gasteiger partial charge in [-0.05, 0) is 37.0 Å². The van der Waals surface area contributed by atoms with Gasteiger partial charge in [0.15, 0.2) is 0 Å². The maximum atomic E-state index is 13.0. The Morgan fingerprint density at radius 2 is 1.70 bits per heavy atom. The Hall–Kier alpha value is -2.47. The molecule has 2 heterocycles. The molecule has 2 saturated heterocycles. The van der Waals surface area contributed by atoms with Gasteiger partial charge >= 0.3 is 0 Å². The summed E-state index contributed by atoms with van der Waals surface area (Å²) in [5.41, 5.74) is 1.80. The maximum absolute atomic E-state index is 13.0. The topological polar surface area (TPSA) is 49.9 Å². The normalized spacial score (nSPS) is 17.9. The number of hydrogen-bond donors (Lipinski definition) is 0. The predicted molar refractivity (Wildman–Crippen MR) is 120 cm³/mol. The van der Waals surface area contributed by atoms with E-state index in [9.17, 15) is 9.59 Å². The van der Waals surface area contributed by atoms with Gasteiger partial charge in [-0.25, -0.2) is 0 Å². The maximum Gasteiger partial charge on any atom is 0.257 e. The van der Waals surface area contributed by atoms with Crippen LogP contribution in [0.25, 0.3) is 0 Å². The molecule has 2 aromatic rings. The number of aryl methyl sites for hydroxylation is 1. The standard InChI is InChI=1S/C24H28N2O3S/c1-29-21-10-6-5-9-20(21)23(28)25-15-13-24(14-16-25)26(17-18-30-24)22(27)12-11-19-7-3-2-4-8-19/h2-10H,11-18H2,1H3. The molecule has 2 fully saturated rings. The van der Waals surface area contributed by atoms with Gasteiger partial charge in [0.1, 0.15) is 5.75 Å². The van der Waals surface area contributed by atoms with Crippen molar-refractivity contribution in [1.29, 1.82) is 0 Å². The predicted octanol–water partition coefficient (Wildman–Crippen LogP) is 3.84. The van der Waals surface area contributed by atoms with E-state index in [2.05, 4.69) is 17.0 Å². The average Bonchev–Trinajstić information content (AvgIpc) is 3.21. The Labute approximate surface area is 182 Å². The molecule has 0 aromatic heterocycles. The number of methoxy groups -OCH3 is 1. The molecular formula is C24H28N2O3S. The second-order valence-corrected chi connectivity index (χ2v) is 9.27. The first-order valence-corrected chi connectivity index (χ1v) is 11.5. The Morgan fingerprint density at radius 3 is 2.43 bits per heavy atom. The molecular weight excluding hydrogens is 396 g/mol. The van der Waals surface area contributed by atoms with Crippen LogP contribution in [0.4, 0.5) is 0 Å². The largest absolute Gasteiger partial charge is 0.496 e. The van der Waals surface area contributed by atoms with Crippen LogP contribution in [0, 0.1) is 0 Å². The van der Waals surface area contributed by atoms with Gasteiger partial charge in [-0.2, -0.15) is 0 Å². The average molecular weight is 425 g/mol. The van der Waals surface area contributed by atoms with Crippen molar-refractivity contribution in [2.24, 2.45) is 0 Å². The van der Waals surface area contributed by atoms with E-state index in [0.29, 0.717) is 30.8 Å². The molecule has 0 aliphatic carbocycles. The first kappa shape index (κ1) is 20.8. The highest BCUT2D eigenvalue weighted by Crippen LogP contribution is 2.44. The number of carbonyl (C=O) groups is 2. The van der Waals surface area contributed by atoms with Crippen LogP contribution in [0.1, 0.15) is 35.2 Å². The molecule has 6 heteroatoms. The van der Waals surface area contributed by atoms with Gasteiger partial charge in [0.25, 0.3) is 5.91 Å². The minimum atomic E-state index is -0.161. The molecule has 5 nitrogen and oxygen atoms in total. The van der Waals surface area contributed by atoms with Gasteiger partial charge < -0.3 is 14.5 Å². The third-order valence-electron chi connectivity index (χ3n) is 6.12. The summed E-state index contributed by atoms with van der Waals surface area (Å²) in [6.07, 6.45) is 2.94. The lowest BCUT2D eigenvalue weighted by Gasteiger charge is -2.44. The fraction of sp³-hybridized carbons (Fsp3) is 0.417. The molecule has 4 rings (SSSR count). The van der Waals surface area contributed by atoms with Gasteiger partial charge in [-0.3, -0.25) is 9.59 Å². The third-order valence-corrected chi connectivity index (χ3v) is 7.67. The summed E-state index contributed by atoms with van der Waals surface area (Å²) in [6.45, 7) is 2.12. The van der Waals surface area contributed by atoms with E-state index < -0.39 is 0 Å².